The summed E-state index contributed by atoms with van der Waals surface area (Å²) >= 11 is 3.43. The maximum Gasteiger partial charge on any atom is 0.112 e. The van der Waals surface area contributed by atoms with Gasteiger partial charge in [-0.05, 0) is 30.5 Å². The first-order chi connectivity index (χ1) is 7.38. The summed E-state index contributed by atoms with van der Waals surface area (Å²) in [6.07, 6.45) is 3.91. The summed E-state index contributed by atoms with van der Waals surface area (Å²) in [5.41, 5.74) is 1.14. The number of rotatable bonds is 4. The second-order valence-corrected chi connectivity index (χ2v) is 4.87. The zero-order valence-electron chi connectivity index (χ0n) is 8.43. The van der Waals surface area contributed by atoms with E-state index in [0.717, 1.165) is 17.2 Å². The summed E-state index contributed by atoms with van der Waals surface area (Å²) in [7, 11) is 0. The second-order valence-electron chi connectivity index (χ2n) is 3.01. The molecule has 2 aromatic rings. The number of anilines is 1. The lowest BCUT2D eigenvalue weighted by molar-refractivity contribution is 1.10. The average Bonchev–Trinajstić information content (AvgIpc) is 2.80. The molecule has 0 aliphatic carbocycles. The highest BCUT2D eigenvalue weighted by Gasteiger charge is 1.96. The fourth-order valence-corrected chi connectivity index (χ4v) is 2.19. The van der Waals surface area contributed by atoms with Crippen molar-refractivity contribution in [3.8, 4) is 0 Å². The van der Waals surface area contributed by atoms with Gasteiger partial charge >= 0.3 is 0 Å². The first-order valence-electron chi connectivity index (χ1n) is 4.65. The number of benzene rings is 1. The summed E-state index contributed by atoms with van der Waals surface area (Å²) in [5, 5.41) is 6.45. The van der Waals surface area contributed by atoms with Gasteiger partial charge in [0.05, 0.1) is 6.54 Å². The summed E-state index contributed by atoms with van der Waals surface area (Å²) in [5.74, 6) is 0. The van der Waals surface area contributed by atoms with Crippen LogP contribution in [0.4, 0.5) is 5.69 Å². The van der Waals surface area contributed by atoms with Crippen molar-refractivity contribution in [3.63, 3.8) is 0 Å². The number of thioether (sulfide) groups is 1. The minimum atomic E-state index is 0.802. The molecule has 78 valence electrons. The van der Waals surface area contributed by atoms with Crippen LogP contribution in [0, 0.1) is 0 Å². The van der Waals surface area contributed by atoms with Gasteiger partial charge in [-0.3, -0.25) is 0 Å². The van der Waals surface area contributed by atoms with E-state index in [1.165, 1.54) is 4.90 Å². The van der Waals surface area contributed by atoms with Gasteiger partial charge in [-0.2, -0.15) is 0 Å². The van der Waals surface area contributed by atoms with E-state index in [4.69, 9.17) is 0 Å². The number of hydrogen-bond donors (Lipinski definition) is 1. The van der Waals surface area contributed by atoms with E-state index in [2.05, 4.69) is 40.8 Å². The van der Waals surface area contributed by atoms with Crippen LogP contribution in [-0.2, 0) is 6.54 Å². The van der Waals surface area contributed by atoms with Crippen molar-refractivity contribution in [2.75, 3.05) is 11.6 Å². The minimum absolute atomic E-state index is 0.802. The van der Waals surface area contributed by atoms with E-state index < -0.39 is 0 Å². The predicted octanol–water partition coefficient (Wildman–Crippen LogP) is 3.48. The molecule has 15 heavy (non-hydrogen) atoms. The van der Waals surface area contributed by atoms with Gasteiger partial charge in [-0.15, -0.1) is 23.1 Å². The quantitative estimate of drug-likeness (QED) is 0.823. The summed E-state index contributed by atoms with van der Waals surface area (Å²) in [6.45, 7) is 0.802. The van der Waals surface area contributed by atoms with Gasteiger partial charge in [0.2, 0.25) is 0 Å². The lowest BCUT2D eigenvalue weighted by Crippen LogP contribution is -1.98. The third kappa shape index (κ3) is 2.97. The molecule has 2 nitrogen and oxygen atoms in total. The highest BCUT2D eigenvalue weighted by Crippen LogP contribution is 2.18. The zero-order valence-corrected chi connectivity index (χ0v) is 10.1. The molecular formula is C11H12N2S2. The molecule has 0 fully saturated rings. The smallest absolute Gasteiger partial charge is 0.112 e. The van der Waals surface area contributed by atoms with Crippen LogP contribution in [-0.4, -0.2) is 11.2 Å². The topological polar surface area (TPSA) is 24.9 Å². The first-order valence-corrected chi connectivity index (χ1v) is 6.75. The maximum atomic E-state index is 4.22. The molecule has 0 amide bonds. The Morgan fingerprint density at radius 2 is 2.13 bits per heavy atom. The lowest BCUT2D eigenvalue weighted by atomic mass is 10.3. The summed E-state index contributed by atoms with van der Waals surface area (Å²) in [4.78, 5) is 5.50. The number of thiazole rings is 1. The van der Waals surface area contributed by atoms with Crippen LogP contribution in [0.25, 0.3) is 0 Å². The standard InChI is InChI=1S/C11H12N2S2/c1-14-10-4-2-9(3-5-10)13-8-11-12-6-7-15-11/h2-7,13H,8H2,1H3. The van der Waals surface area contributed by atoms with Crippen molar-refractivity contribution in [2.24, 2.45) is 0 Å². The van der Waals surface area contributed by atoms with Crippen molar-refractivity contribution in [3.05, 3.63) is 40.8 Å². The number of nitrogens with one attached hydrogen (secondary N) is 1. The van der Waals surface area contributed by atoms with Crippen LogP contribution in [0.15, 0.2) is 40.7 Å². The molecule has 0 saturated heterocycles. The first kappa shape index (κ1) is 10.5. The molecule has 2 rings (SSSR count). The number of hydrogen-bond acceptors (Lipinski definition) is 4. The summed E-state index contributed by atoms with van der Waals surface area (Å²) < 4.78 is 0. The average molecular weight is 236 g/mol. The van der Waals surface area contributed by atoms with Gasteiger partial charge in [0.15, 0.2) is 0 Å². The van der Waals surface area contributed by atoms with Gasteiger partial charge in [-0.25, -0.2) is 4.98 Å². The highest BCUT2D eigenvalue weighted by molar-refractivity contribution is 7.98. The SMILES string of the molecule is CSc1ccc(NCc2nccs2)cc1. The molecule has 1 aromatic carbocycles. The predicted molar refractivity (Wildman–Crippen MR) is 67.7 cm³/mol. The molecule has 1 aromatic heterocycles. The molecule has 0 bridgehead atoms. The fraction of sp³-hybridized carbons (Fsp3) is 0.182. The van der Waals surface area contributed by atoms with E-state index in [0.29, 0.717) is 0 Å². The third-order valence-electron chi connectivity index (χ3n) is 2.02. The van der Waals surface area contributed by atoms with Crippen LogP contribution >= 0.6 is 23.1 Å². The van der Waals surface area contributed by atoms with Crippen molar-refractivity contribution in [1.29, 1.82) is 0 Å². The van der Waals surface area contributed by atoms with Crippen LogP contribution in [0.5, 0.6) is 0 Å². The highest BCUT2D eigenvalue weighted by atomic mass is 32.2. The molecule has 0 radical (unpaired) electrons. The zero-order chi connectivity index (χ0) is 10.5. The van der Waals surface area contributed by atoms with Gasteiger partial charge in [0.1, 0.15) is 5.01 Å². The Labute approximate surface area is 97.8 Å². The molecule has 0 spiro atoms. The van der Waals surface area contributed by atoms with Crippen LogP contribution < -0.4 is 5.32 Å². The van der Waals surface area contributed by atoms with Gasteiger partial charge in [-0.1, -0.05) is 0 Å². The van der Waals surface area contributed by atoms with Crippen LogP contribution in [0.2, 0.25) is 0 Å². The van der Waals surface area contributed by atoms with Crippen LogP contribution in [0.3, 0.4) is 0 Å². The van der Waals surface area contributed by atoms with Crippen LogP contribution in [0.1, 0.15) is 5.01 Å². The van der Waals surface area contributed by atoms with Crippen molar-refractivity contribution in [2.45, 2.75) is 11.4 Å². The third-order valence-corrected chi connectivity index (χ3v) is 3.54. The van der Waals surface area contributed by atoms with Gasteiger partial charge in [0.25, 0.3) is 0 Å². The number of aromatic nitrogens is 1. The van der Waals surface area contributed by atoms with E-state index >= 15 is 0 Å². The van der Waals surface area contributed by atoms with E-state index in [-0.39, 0.29) is 0 Å². The maximum absolute atomic E-state index is 4.22. The molecule has 0 aliphatic heterocycles. The van der Waals surface area contributed by atoms with Crippen molar-refractivity contribution >= 4 is 28.8 Å². The van der Waals surface area contributed by atoms with E-state index in [9.17, 15) is 0 Å². The van der Waals surface area contributed by atoms with Gasteiger partial charge < -0.3 is 5.32 Å². The largest absolute Gasteiger partial charge is 0.379 e. The second kappa shape index (κ2) is 5.19. The van der Waals surface area contributed by atoms with Gasteiger partial charge in [0, 0.05) is 22.2 Å². The molecule has 1 N–H and O–H groups in total. The Morgan fingerprint density at radius 1 is 1.33 bits per heavy atom. The normalized spacial score (nSPS) is 10.2. The van der Waals surface area contributed by atoms with E-state index in [1.807, 2.05) is 11.6 Å². The molecular weight excluding hydrogens is 224 g/mol. The Kier molecular flexibility index (Phi) is 3.64. The Bertz CT molecular complexity index is 395. The fourth-order valence-electron chi connectivity index (χ4n) is 1.23. The monoisotopic (exact) mass is 236 g/mol. The lowest BCUT2D eigenvalue weighted by Gasteiger charge is -2.04. The molecule has 0 unspecified atom stereocenters. The molecule has 0 aliphatic rings. The minimum Gasteiger partial charge on any atom is -0.379 e. The Balaban J connectivity index is 1.93. The molecule has 1 heterocycles. The van der Waals surface area contributed by atoms with E-state index in [1.54, 1.807) is 23.1 Å². The number of nitrogens with zero attached hydrogens (tertiary/aromatic N) is 1. The Hall–Kier alpha value is -1.00. The molecule has 4 heteroatoms. The van der Waals surface area contributed by atoms with Crippen molar-refractivity contribution < 1.29 is 0 Å². The molecule has 0 atom stereocenters. The molecule has 0 saturated carbocycles. The van der Waals surface area contributed by atoms with Crippen molar-refractivity contribution in [1.82, 2.24) is 4.98 Å². The summed E-state index contributed by atoms with van der Waals surface area (Å²) in [6, 6.07) is 8.43. The Morgan fingerprint density at radius 3 is 2.73 bits per heavy atom.